The van der Waals surface area contributed by atoms with Crippen LogP contribution < -0.4 is 10.6 Å². The molecule has 1 unspecified atom stereocenters. The molecule has 0 radical (unpaired) electrons. The highest BCUT2D eigenvalue weighted by Crippen LogP contribution is 2.29. The number of nitrogen functional groups attached to an aromatic ring is 1. The lowest BCUT2D eigenvalue weighted by molar-refractivity contribution is 0.198. The van der Waals surface area contributed by atoms with E-state index in [-0.39, 0.29) is 11.9 Å². The van der Waals surface area contributed by atoms with Crippen molar-refractivity contribution in [3.63, 3.8) is 0 Å². The van der Waals surface area contributed by atoms with E-state index in [0.717, 1.165) is 23.1 Å². The van der Waals surface area contributed by atoms with E-state index in [9.17, 15) is 5.11 Å². The molecule has 4 N–H and O–H groups in total. The van der Waals surface area contributed by atoms with Crippen LogP contribution in [0.5, 0.6) is 0 Å². The van der Waals surface area contributed by atoms with E-state index in [4.69, 9.17) is 11.1 Å². The number of rotatable bonds is 2. The van der Waals surface area contributed by atoms with E-state index in [2.05, 4.69) is 20.8 Å². The number of hydrogen-bond donors (Lipinski definition) is 3. The summed E-state index contributed by atoms with van der Waals surface area (Å²) in [6.07, 6.45) is 0.489. The Hall–Kier alpha value is -1.07. The first-order valence-corrected chi connectivity index (χ1v) is 5.95. The van der Waals surface area contributed by atoms with Crippen LogP contribution in [0.3, 0.4) is 0 Å². The Morgan fingerprint density at radius 2 is 2.31 bits per heavy atom. The van der Waals surface area contributed by atoms with Crippen molar-refractivity contribution in [1.82, 2.24) is 0 Å². The lowest BCUT2D eigenvalue weighted by atomic mass is 10.1. The number of nitrogens with one attached hydrogen (secondary N) is 1. The van der Waals surface area contributed by atoms with Crippen LogP contribution in [0.25, 0.3) is 0 Å². The average molecular weight is 284 g/mol. The first kappa shape index (κ1) is 11.4. The lowest BCUT2D eigenvalue weighted by Crippen LogP contribution is -2.25. The topological polar surface area (TPSA) is 73.3 Å². The van der Waals surface area contributed by atoms with Gasteiger partial charge in [0.25, 0.3) is 0 Å². The molecular weight excluding hydrogens is 270 g/mol. The van der Waals surface area contributed by atoms with Crippen LogP contribution in [-0.4, -0.2) is 30.1 Å². The van der Waals surface area contributed by atoms with Gasteiger partial charge in [-0.05, 0) is 34.5 Å². The number of nitrogens with two attached hydrogens (primary N) is 1. The molecule has 0 spiro atoms. The summed E-state index contributed by atoms with van der Waals surface area (Å²) in [7, 11) is 0. The predicted molar refractivity (Wildman–Crippen MR) is 68.0 cm³/mol. The third-order valence-electron chi connectivity index (χ3n) is 2.77. The summed E-state index contributed by atoms with van der Waals surface area (Å²) in [5, 5.41) is 17.1. The third kappa shape index (κ3) is 2.05. The fraction of sp³-hybridized carbons (Fsp3) is 0.364. The van der Waals surface area contributed by atoms with Crippen molar-refractivity contribution in [2.75, 3.05) is 18.0 Å². The second-order valence-corrected chi connectivity index (χ2v) is 4.79. The van der Waals surface area contributed by atoms with Crippen LogP contribution in [0.1, 0.15) is 12.0 Å². The minimum atomic E-state index is -0.279. The summed E-state index contributed by atoms with van der Waals surface area (Å²) in [5.41, 5.74) is 7.20. The van der Waals surface area contributed by atoms with Crippen molar-refractivity contribution < 1.29 is 5.11 Å². The summed E-state index contributed by atoms with van der Waals surface area (Å²) in [5.74, 6) is 0.0452. The molecule has 0 amide bonds. The molecule has 2 rings (SSSR count). The Morgan fingerprint density at radius 1 is 1.56 bits per heavy atom. The molecule has 1 aromatic carbocycles. The van der Waals surface area contributed by atoms with Crippen LogP contribution in [0.4, 0.5) is 5.69 Å². The number of anilines is 1. The number of nitrogens with zero attached hydrogens (tertiary/aromatic N) is 1. The highest BCUT2D eigenvalue weighted by atomic mass is 79.9. The lowest BCUT2D eigenvalue weighted by Gasteiger charge is -2.21. The van der Waals surface area contributed by atoms with Gasteiger partial charge >= 0.3 is 0 Å². The standard InChI is InChI=1S/C11H14BrN3O/c12-8-2-1-3-9(10(8)11(13)14)15-5-4-7(16)6-15/h1-3,7,16H,4-6H2,(H3,13,14). The van der Waals surface area contributed by atoms with Gasteiger partial charge in [0.2, 0.25) is 0 Å². The number of benzene rings is 1. The van der Waals surface area contributed by atoms with Crippen LogP contribution in [0, 0.1) is 5.41 Å². The molecule has 0 aliphatic carbocycles. The average Bonchev–Trinajstić information content (AvgIpc) is 2.63. The minimum absolute atomic E-state index is 0.0452. The zero-order chi connectivity index (χ0) is 11.7. The van der Waals surface area contributed by atoms with E-state index in [0.29, 0.717) is 12.1 Å². The molecule has 1 heterocycles. The first-order valence-electron chi connectivity index (χ1n) is 5.15. The maximum Gasteiger partial charge on any atom is 0.126 e. The molecule has 1 atom stereocenters. The number of aliphatic hydroxyl groups excluding tert-OH is 1. The van der Waals surface area contributed by atoms with E-state index in [1.54, 1.807) is 0 Å². The van der Waals surface area contributed by atoms with Crippen molar-refractivity contribution in [3.8, 4) is 0 Å². The zero-order valence-corrected chi connectivity index (χ0v) is 10.4. The molecule has 1 aliphatic rings. The highest BCUT2D eigenvalue weighted by Gasteiger charge is 2.23. The van der Waals surface area contributed by atoms with Crippen LogP contribution in [-0.2, 0) is 0 Å². The monoisotopic (exact) mass is 283 g/mol. The fourth-order valence-corrected chi connectivity index (χ4v) is 2.57. The zero-order valence-electron chi connectivity index (χ0n) is 8.78. The van der Waals surface area contributed by atoms with Gasteiger partial charge in [-0.3, -0.25) is 5.41 Å². The highest BCUT2D eigenvalue weighted by molar-refractivity contribution is 9.10. The summed E-state index contributed by atoms with van der Waals surface area (Å²) in [6, 6.07) is 5.71. The molecule has 86 valence electrons. The molecule has 1 aromatic rings. The first-order chi connectivity index (χ1) is 7.59. The normalized spacial score (nSPS) is 20.1. The second-order valence-electron chi connectivity index (χ2n) is 3.94. The van der Waals surface area contributed by atoms with Gasteiger partial charge < -0.3 is 15.7 Å². The van der Waals surface area contributed by atoms with E-state index < -0.39 is 0 Å². The Bertz CT molecular complexity index is 422. The fourth-order valence-electron chi connectivity index (χ4n) is 2.00. The molecule has 1 saturated heterocycles. The van der Waals surface area contributed by atoms with Gasteiger partial charge in [-0.15, -0.1) is 0 Å². The molecule has 0 aromatic heterocycles. The number of amidine groups is 1. The van der Waals surface area contributed by atoms with Crippen LogP contribution in [0.2, 0.25) is 0 Å². The molecule has 1 fully saturated rings. The molecule has 1 aliphatic heterocycles. The van der Waals surface area contributed by atoms with Gasteiger partial charge in [0.05, 0.1) is 11.7 Å². The summed E-state index contributed by atoms with van der Waals surface area (Å²) in [6.45, 7) is 1.41. The molecule has 16 heavy (non-hydrogen) atoms. The largest absolute Gasteiger partial charge is 0.391 e. The molecular formula is C11H14BrN3O. The Kier molecular flexibility index (Phi) is 3.16. The Morgan fingerprint density at radius 3 is 2.88 bits per heavy atom. The molecule has 4 nitrogen and oxygen atoms in total. The van der Waals surface area contributed by atoms with E-state index >= 15 is 0 Å². The maximum absolute atomic E-state index is 9.52. The number of β-amino-alcohol motifs (C(OH)–C–C–N with tert-alkyl or cyclic N) is 1. The number of hydrogen-bond acceptors (Lipinski definition) is 3. The molecule has 0 saturated carbocycles. The maximum atomic E-state index is 9.52. The number of aliphatic hydroxyl groups is 1. The van der Waals surface area contributed by atoms with Crippen molar-refractivity contribution in [3.05, 3.63) is 28.2 Å². The summed E-state index contributed by atoms with van der Waals surface area (Å²) >= 11 is 3.40. The summed E-state index contributed by atoms with van der Waals surface area (Å²) < 4.78 is 0.818. The Labute approximate surface area is 103 Å². The summed E-state index contributed by atoms with van der Waals surface area (Å²) in [4.78, 5) is 2.06. The predicted octanol–water partition coefficient (Wildman–Crippen LogP) is 1.30. The SMILES string of the molecule is N=C(N)c1c(Br)cccc1N1CCC(O)C1. The van der Waals surface area contributed by atoms with Gasteiger partial charge in [0.1, 0.15) is 5.84 Å². The third-order valence-corrected chi connectivity index (χ3v) is 3.43. The number of halogens is 1. The van der Waals surface area contributed by atoms with Crippen LogP contribution in [0.15, 0.2) is 22.7 Å². The second kappa shape index (κ2) is 4.43. The van der Waals surface area contributed by atoms with Crippen molar-refractivity contribution in [2.24, 2.45) is 5.73 Å². The Balaban J connectivity index is 2.40. The quantitative estimate of drug-likeness (QED) is 0.566. The molecule has 0 bridgehead atoms. The van der Waals surface area contributed by atoms with Gasteiger partial charge in [-0.25, -0.2) is 0 Å². The van der Waals surface area contributed by atoms with Gasteiger partial charge in [0, 0.05) is 23.2 Å². The molecule has 5 heteroatoms. The van der Waals surface area contributed by atoms with Crippen LogP contribution >= 0.6 is 15.9 Å². The van der Waals surface area contributed by atoms with Crippen molar-refractivity contribution in [2.45, 2.75) is 12.5 Å². The van der Waals surface area contributed by atoms with E-state index in [1.165, 1.54) is 0 Å². The smallest absolute Gasteiger partial charge is 0.126 e. The van der Waals surface area contributed by atoms with Gasteiger partial charge in [-0.1, -0.05) is 6.07 Å². The van der Waals surface area contributed by atoms with Crippen molar-refractivity contribution >= 4 is 27.5 Å². The van der Waals surface area contributed by atoms with E-state index in [1.807, 2.05) is 18.2 Å². The van der Waals surface area contributed by atoms with Crippen molar-refractivity contribution in [1.29, 1.82) is 5.41 Å². The minimum Gasteiger partial charge on any atom is -0.391 e. The van der Waals surface area contributed by atoms with Gasteiger partial charge in [0.15, 0.2) is 0 Å². The van der Waals surface area contributed by atoms with Gasteiger partial charge in [-0.2, -0.15) is 0 Å².